The molecule has 2 amide bonds. The number of rotatable bonds is 4. The maximum absolute atomic E-state index is 11.6. The number of likely N-dealkylation sites (N-methyl/N-ethyl adjacent to an activating group) is 1. The van der Waals surface area contributed by atoms with E-state index in [4.69, 9.17) is 0 Å². The molecule has 6 heteroatoms. The highest BCUT2D eigenvalue weighted by Gasteiger charge is 2.27. The van der Waals surface area contributed by atoms with E-state index in [-0.39, 0.29) is 17.9 Å². The van der Waals surface area contributed by atoms with Gasteiger partial charge in [0.05, 0.1) is 0 Å². The highest BCUT2D eigenvalue weighted by atomic mass is 16.2. The van der Waals surface area contributed by atoms with Gasteiger partial charge in [0, 0.05) is 46.7 Å². The molecule has 0 radical (unpaired) electrons. The number of carbonyl (C=O) groups is 2. The zero-order chi connectivity index (χ0) is 12.0. The molecule has 0 saturated carbocycles. The summed E-state index contributed by atoms with van der Waals surface area (Å²) >= 11 is 0. The van der Waals surface area contributed by atoms with Gasteiger partial charge in [-0.15, -0.1) is 0 Å². The van der Waals surface area contributed by atoms with E-state index in [1.54, 1.807) is 14.1 Å². The molecule has 0 aliphatic carbocycles. The molecule has 0 bridgehead atoms. The van der Waals surface area contributed by atoms with E-state index in [0.29, 0.717) is 19.5 Å². The number of hydrogen-bond acceptors (Lipinski definition) is 4. The van der Waals surface area contributed by atoms with Gasteiger partial charge in [-0.25, -0.2) is 0 Å². The molecule has 92 valence electrons. The van der Waals surface area contributed by atoms with Crippen molar-refractivity contribution >= 4 is 11.8 Å². The summed E-state index contributed by atoms with van der Waals surface area (Å²) in [4.78, 5) is 24.8. The van der Waals surface area contributed by atoms with Crippen molar-refractivity contribution in [3.8, 4) is 0 Å². The van der Waals surface area contributed by atoms with Crippen LogP contribution in [0.4, 0.5) is 0 Å². The molecule has 3 N–H and O–H groups in total. The standard InChI is InChI=1S/C10H20N4O2/c1-11-9(15)3-5-14-6-4-13-7-8(14)10(16)12-2/h8,13H,3-7H2,1-2H3,(H,11,15)(H,12,16). The summed E-state index contributed by atoms with van der Waals surface area (Å²) in [6.45, 7) is 2.93. The van der Waals surface area contributed by atoms with E-state index in [2.05, 4.69) is 16.0 Å². The Kier molecular flexibility index (Phi) is 5.21. The normalized spacial score (nSPS) is 21.5. The number of amides is 2. The molecule has 1 saturated heterocycles. The van der Waals surface area contributed by atoms with E-state index in [9.17, 15) is 9.59 Å². The van der Waals surface area contributed by atoms with Crippen LogP contribution in [0.1, 0.15) is 6.42 Å². The molecule has 1 heterocycles. The Labute approximate surface area is 95.8 Å². The van der Waals surface area contributed by atoms with Gasteiger partial charge in [0.15, 0.2) is 0 Å². The van der Waals surface area contributed by atoms with Gasteiger partial charge in [0.25, 0.3) is 0 Å². The number of hydrogen-bond donors (Lipinski definition) is 3. The first kappa shape index (κ1) is 12.9. The average Bonchev–Trinajstić information content (AvgIpc) is 2.35. The fourth-order valence-corrected chi connectivity index (χ4v) is 1.81. The lowest BCUT2D eigenvalue weighted by atomic mass is 10.1. The molecule has 1 atom stereocenters. The minimum Gasteiger partial charge on any atom is -0.359 e. The van der Waals surface area contributed by atoms with E-state index in [1.807, 2.05) is 4.90 Å². The summed E-state index contributed by atoms with van der Waals surface area (Å²) in [5, 5.41) is 8.40. The highest BCUT2D eigenvalue weighted by molar-refractivity contribution is 5.82. The third kappa shape index (κ3) is 3.46. The summed E-state index contributed by atoms with van der Waals surface area (Å²) < 4.78 is 0. The Morgan fingerprint density at radius 1 is 1.38 bits per heavy atom. The first-order valence-electron chi connectivity index (χ1n) is 5.56. The third-order valence-electron chi connectivity index (χ3n) is 2.81. The minimum atomic E-state index is -0.164. The van der Waals surface area contributed by atoms with Gasteiger partial charge in [-0.1, -0.05) is 0 Å². The highest BCUT2D eigenvalue weighted by Crippen LogP contribution is 2.04. The second kappa shape index (κ2) is 6.44. The van der Waals surface area contributed by atoms with Crippen LogP contribution in [0.3, 0.4) is 0 Å². The lowest BCUT2D eigenvalue weighted by molar-refractivity contribution is -0.128. The van der Waals surface area contributed by atoms with Crippen molar-refractivity contribution in [3.05, 3.63) is 0 Å². The van der Waals surface area contributed by atoms with Gasteiger partial charge in [-0.2, -0.15) is 0 Å². The van der Waals surface area contributed by atoms with E-state index in [0.717, 1.165) is 13.1 Å². The van der Waals surface area contributed by atoms with Crippen LogP contribution in [0.5, 0.6) is 0 Å². The Morgan fingerprint density at radius 3 is 2.75 bits per heavy atom. The molecular weight excluding hydrogens is 208 g/mol. The van der Waals surface area contributed by atoms with Crippen molar-refractivity contribution in [2.45, 2.75) is 12.5 Å². The minimum absolute atomic E-state index is 0.00380. The largest absolute Gasteiger partial charge is 0.359 e. The van der Waals surface area contributed by atoms with Crippen molar-refractivity contribution in [1.82, 2.24) is 20.9 Å². The van der Waals surface area contributed by atoms with Crippen LogP contribution < -0.4 is 16.0 Å². The molecule has 0 aromatic rings. The summed E-state index contributed by atoms with van der Waals surface area (Å²) in [6, 6.07) is -0.164. The van der Waals surface area contributed by atoms with Crippen molar-refractivity contribution in [2.24, 2.45) is 0 Å². The van der Waals surface area contributed by atoms with Gasteiger partial charge in [0.2, 0.25) is 11.8 Å². The SMILES string of the molecule is CNC(=O)CCN1CCNCC1C(=O)NC. The van der Waals surface area contributed by atoms with Crippen LogP contribution >= 0.6 is 0 Å². The van der Waals surface area contributed by atoms with Gasteiger partial charge in [-0.3, -0.25) is 14.5 Å². The number of nitrogens with zero attached hydrogens (tertiary/aromatic N) is 1. The Bertz CT molecular complexity index is 257. The van der Waals surface area contributed by atoms with Crippen LogP contribution in [-0.2, 0) is 9.59 Å². The van der Waals surface area contributed by atoms with Crippen molar-refractivity contribution < 1.29 is 9.59 Å². The molecule has 16 heavy (non-hydrogen) atoms. The van der Waals surface area contributed by atoms with Crippen LogP contribution in [0.15, 0.2) is 0 Å². The number of carbonyl (C=O) groups excluding carboxylic acids is 2. The second-order valence-electron chi connectivity index (χ2n) is 3.79. The maximum atomic E-state index is 11.6. The van der Waals surface area contributed by atoms with E-state index < -0.39 is 0 Å². The van der Waals surface area contributed by atoms with Crippen LogP contribution in [-0.4, -0.2) is 63.0 Å². The van der Waals surface area contributed by atoms with Gasteiger partial charge in [0.1, 0.15) is 6.04 Å². The fourth-order valence-electron chi connectivity index (χ4n) is 1.81. The second-order valence-corrected chi connectivity index (χ2v) is 3.79. The molecule has 1 fully saturated rings. The lowest BCUT2D eigenvalue weighted by Gasteiger charge is -2.34. The monoisotopic (exact) mass is 228 g/mol. The topological polar surface area (TPSA) is 73.5 Å². The molecule has 1 aliphatic heterocycles. The predicted molar refractivity (Wildman–Crippen MR) is 61.0 cm³/mol. The Hall–Kier alpha value is -1.14. The third-order valence-corrected chi connectivity index (χ3v) is 2.81. The maximum Gasteiger partial charge on any atom is 0.238 e. The molecule has 0 spiro atoms. The van der Waals surface area contributed by atoms with Crippen molar-refractivity contribution in [2.75, 3.05) is 40.3 Å². The smallest absolute Gasteiger partial charge is 0.238 e. The van der Waals surface area contributed by atoms with Crippen molar-refractivity contribution in [1.29, 1.82) is 0 Å². The quantitative estimate of drug-likeness (QED) is 0.528. The summed E-state index contributed by atoms with van der Waals surface area (Å²) in [7, 11) is 3.25. The number of piperazine rings is 1. The zero-order valence-electron chi connectivity index (χ0n) is 9.88. The number of nitrogens with one attached hydrogen (secondary N) is 3. The first-order chi connectivity index (χ1) is 7.69. The van der Waals surface area contributed by atoms with Gasteiger partial charge < -0.3 is 16.0 Å². The summed E-state index contributed by atoms with van der Waals surface area (Å²) in [5.41, 5.74) is 0. The van der Waals surface area contributed by atoms with E-state index >= 15 is 0 Å². The van der Waals surface area contributed by atoms with Gasteiger partial charge in [-0.05, 0) is 0 Å². The molecule has 1 aliphatic rings. The van der Waals surface area contributed by atoms with Crippen molar-refractivity contribution in [3.63, 3.8) is 0 Å². The molecule has 1 unspecified atom stereocenters. The molecule has 0 aromatic carbocycles. The first-order valence-corrected chi connectivity index (χ1v) is 5.56. The zero-order valence-corrected chi connectivity index (χ0v) is 9.88. The van der Waals surface area contributed by atoms with Crippen LogP contribution in [0.2, 0.25) is 0 Å². The Morgan fingerprint density at radius 2 is 2.12 bits per heavy atom. The summed E-state index contributed by atoms with van der Waals surface area (Å²) in [5.74, 6) is 0.0123. The van der Waals surface area contributed by atoms with Gasteiger partial charge >= 0.3 is 0 Å². The van der Waals surface area contributed by atoms with Crippen LogP contribution in [0.25, 0.3) is 0 Å². The Balaban J connectivity index is 2.47. The molecule has 1 rings (SSSR count). The fraction of sp³-hybridized carbons (Fsp3) is 0.800. The lowest BCUT2D eigenvalue weighted by Crippen LogP contribution is -2.57. The predicted octanol–water partition coefficient (Wildman–Crippen LogP) is -1.86. The molecular formula is C10H20N4O2. The summed E-state index contributed by atoms with van der Waals surface area (Å²) in [6.07, 6.45) is 0.435. The average molecular weight is 228 g/mol. The molecule has 0 aromatic heterocycles. The van der Waals surface area contributed by atoms with Crippen LogP contribution in [0, 0.1) is 0 Å². The van der Waals surface area contributed by atoms with E-state index in [1.165, 1.54) is 0 Å². The molecule has 6 nitrogen and oxygen atoms in total.